The predicted molar refractivity (Wildman–Crippen MR) is 131 cm³/mol. The van der Waals surface area contributed by atoms with Crippen LogP contribution in [0.2, 0.25) is 0 Å². The molecule has 5 rings (SSSR count). The number of aryl methyl sites for hydroxylation is 1. The van der Waals surface area contributed by atoms with Gasteiger partial charge in [0.1, 0.15) is 5.82 Å². The van der Waals surface area contributed by atoms with Gasteiger partial charge in [-0.25, -0.2) is 9.37 Å². The summed E-state index contributed by atoms with van der Waals surface area (Å²) < 4.78 is 19.5. The van der Waals surface area contributed by atoms with Crippen molar-refractivity contribution < 1.29 is 13.9 Å². The number of fused-ring (bicyclic) bond motifs is 1. The van der Waals surface area contributed by atoms with Crippen LogP contribution in [0, 0.1) is 18.2 Å². The van der Waals surface area contributed by atoms with Crippen LogP contribution in [-0.2, 0) is 17.6 Å². The largest absolute Gasteiger partial charge is 0.377 e. The van der Waals surface area contributed by atoms with Crippen molar-refractivity contribution in [3.63, 3.8) is 0 Å². The molecule has 0 spiro atoms. The molecule has 0 radical (unpaired) electrons. The van der Waals surface area contributed by atoms with E-state index in [4.69, 9.17) is 9.72 Å². The molecule has 33 heavy (non-hydrogen) atoms. The van der Waals surface area contributed by atoms with Crippen LogP contribution in [0.25, 0.3) is 11.1 Å². The Morgan fingerprint density at radius 2 is 2.00 bits per heavy atom. The van der Waals surface area contributed by atoms with Crippen LogP contribution in [-0.4, -0.2) is 36.6 Å². The van der Waals surface area contributed by atoms with Gasteiger partial charge in [-0.3, -0.25) is 4.79 Å². The molecule has 172 valence electrons. The van der Waals surface area contributed by atoms with Gasteiger partial charge >= 0.3 is 0 Å². The summed E-state index contributed by atoms with van der Waals surface area (Å²) in [6.45, 7) is 8.13. The Bertz CT molecular complexity index is 1200. The molecule has 0 bridgehead atoms. The molecular weight excluding hydrogens is 435 g/mol. The third kappa shape index (κ3) is 4.59. The summed E-state index contributed by atoms with van der Waals surface area (Å²) in [5, 5.41) is 0.935. The molecule has 1 fully saturated rings. The van der Waals surface area contributed by atoms with Crippen LogP contribution in [0.4, 0.5) is 9.52 Å². The maximum absolute atomic E-state index is 13.7. The molecule has 0 saturated carbocycles. The van der Waals surface area contributed by atoms with E-state index in [-0.39, 0.29) is 23.1 Å². The number of Topliss-reactive ketones (excluding diaryl/α,β-unsaturated/α-hetero) is 1. The number of carbonyl (C=O) groups is 1. The number of aromatic nitrogens is 1. The summed E-state index contributed by atoms with van der Waals surface area (Å²) in [4.78, 5) is 20.8. The number of ketones is 1. The SMILES string of the molecule is Cc1cc(-c2cccc(C[C@H]3COCCN3c3nc4c(s3)C(=O)CC(C)(C)C4)c2)ccc1F. The molecule has 1 aromatic heterocycles. The highest BCUT2D eigenvalue weighted by molar-refractivity contribution is 7.17. The summed E-state index contributed by atoms with van der Waals surface area (Å²) >= 11 is 1.54. The Hall–Kier alpha value is -2.57. The zero-order valence-corrected chi connectivity index (χ0v) is 20.2. The van der Waals surface area contributed by atoms with Crippen molar-refractivity contribution in [1.29, 1.82) is 0 Å². The molecule has 2 aromatic carbocycles. The van der Waals surface area contributed by atoms with Gasteiger partial charge in [-0.15, -0.1) is 0 Å². The van der Waals surface area contributed by atoms with Gasteiger partial charge in [0.2, 0.25) is 0 Å². The van der Waals surface area contributed by atoms with E-state index in [1.807, 2.05) is 12.1 Å². The highest BCUT2D eigenvalue weighted by Crippen LogP contribution is 2.40. The molecule has 4 nitrogen and oxygen atoms in total. The number of halogens is 1. The number of anilines is 1. The minimum Gasteiger partial charge on any atom is -0.377 e. The third-order valence-corrected chi connectivity index (χ3v) is 7.76. The van der Waals surface area contributed by atoms with Crippen molar-refractivity contribution >= 4 is 22.3 Å². The van der Waals surface area contributed by atoms with Crippen LogP contribution in [0.5, 0.6) is 0 Å². The number of hydrogen-bond acceptors (Lipinski definition) is 5. The van der Waals surface area contributed by atoms with Gasteiger partial charge in [0.25, 0.3) is 0 Å². The maximum atomic E-state index is 13.7. The molecule has 0 amide bonds. The number of carbonyl (C=O) groups excluding carboxylic acids is 1. The second-order valence-electron chi connectivity index (χ2n) is 10.0. The Kier molecular flexibility index (Phi) is 5.83. The van der Waals surface area contributed by atoms with Crippen LogP contribution in [0.15, 0.2) is 42.5 Å². The van der Waals surface area contributed by atoms with Crippen LogP contribution < -0.4 is 4.90 Å². The summed E-state index contributed by atoms with van der Waals surface area (Å²) in [5.74, 6) is 0.0371. The lowest BCUT2D eigenvalue weighted by atomic mass is 9.78. The number of benzene rings is 2. The predicted octanol–water partition coefficient (Wildman–Crippen LogP) is 5.86. The van der Waals surface area contributed by atoms with E-state index in [9.17, 15) is 9.18 Å². The fourth-order valence-corrected chi connectivity index (χ4v) is 6.00. The maximum Gasteiger partial charge on any atom is 0.186 e. The van der Waals surface area contributed by atoms with Crippen molar-refractivity contribution in [2.24, 2.45) is 5.41 Å². The first-order valence-corrected chi connectivity index (χ1v) is 12.3. The first kappa shape index (κ1) is 22.2. The monoisotopic (exact) mass is 464 g/mol. The Balaban J connectivity index is 1.40. The van der Waals surface area contributed by atoms with Gasteiger partial charge < -0.3 is 9.64 Å². The quantitative estimate of drug-likeness (QED) is 0.485. The van der Waals surface area contributed by atoms with Crippen molar-refractivity contribution in [2.75, 3.05) is 24.7 Å². The van der Waals surface area contributed by atoms with Crippen LogP contribution in [0.3, 0.4) is 0 Å². The fraction of sp³-hybridized carbons (Fsp3) is 0.407. The smallest absolute Gasteiger partial charge is 0.186 e. The van der Waals surface area contributed by atoms with Crippen LogP contribution in [0.1, 0.15) is 46.8 Å². The van der Waals surface area contributed by atoms with Crippen molar-refractivity contribution in [3.05, 3.63) is 70.0 Å². The third-order valence-electron chi connectivity index (χ3n) is 6.59. The topological polar surface area (TPSA) is 42.4 Å². The first-order chi connectivity index (χ1) is 15.8. The number of rotatable bonds is 4. The average Bonchev–Trinajstić information content (AvgIpc) is 3.19. The molecule has 1 aliphatic carbocycles. The van der Waals surface area contributed by atoms with Gasteiger partial charge in [-0.1, -0.05) is 55.5 Å². The summed E-state index contributed by atoms with van der Waals surface area (Å²) in [7, 11) is 0. The number of nitrogens with zero attached hydrogens (tertiary/aromatic N) is 2. The summed E-state index contributed by atoms with van der Waals surface area (Å²) in [5.41, 5.74) is 4.87. The highest BCUT2D eigenvalue weighted by Gasteiger charge is 2.36. The van der Waals surface area contributed by atoms with Gasteiger partial charge in [0.05, 0.1) is 29.8 Å². The number of morpholine rings is 1. The van der Waals surface area contributed by atoms with E-state index in [1.165, 1.54) is 11.6 Å². The van der Waals surface area contributed by atoms with E-state index in [0.717, 1.165) is 46.2 Å². The van der Waals surface area contributed by atoms with Gasteiger partial charge in [0, 0.05) is 13.0 Å². The number of ether oxygens (including phenoxy) is 1. The number of thiazole rings is 1. The van der Waals surface area contributed by atoms with E-state index in [0.29, 0.717) is 25.2 Å². The van der Waals surface area contributed by atoms with Crippen molar-refractivity contribution in [3.8, 4) is 11.1 Å². The standard InChI is InChI=1S/C27H29FN2O2S/c1-17-11-20(7-8-22(17)28)19-6-4-5-18(12-19)13-21-16-32-10-9-30(21)26-29-23-14-27(2,3)15-24(31)25(23)33-26/h4-8,11-12,21H,9-10,13-16H2,1-3H3/t21-/m0/s1. The number of hydrogen-bond donors (Lipinski definition) is 0. The molecule has 0 N–H and O–H groups in total. The second-order valence-corrected chi connectivity index (χ2v) is 11.0. The van der Waals surface area contributed by atoms with Crippen LogP contribution >= 0.6 is 11.3 Å². The lowest BCUT2D eigenvalue weighted by molar-refractivity contribution is 0.0915. The highest BCUT2D eigenvalue weighted by atomic mass is 32.1. The molecule has 6 heteroatoms. The van der Waals surface area contributed by atoms with Crippen molar-refractivity contribution in [2.45, 2.75) is 46.1 Å². The van der Waals surface area contributed by atoms with E-state index in [2.05, 4.69) is 43.0 Å². The van der Waals surface area contributed by atoms with E-state index in [1.54, 1.807) is 18.3 Å². The average molecular weight is 465 g/mol. The normalized spacial score (nSPS) is 20.1. The van der Waals surface area contributed by atoms with Gasteiger partial charge in [0.15, 0.2) is 10.9 Å². The molecule has 1 aliphatic heterocycles. The minimum atomic E-state index is -0.182. The molecule has 2 heterocycles. The Labute approximate surface area is 198 Å². The molecule has 0 unspecified atom stereocenters. The zero-order chi connectivity index (χ0) is 23.2. The minimum absolute atomic E-state index is 0.0288. The second kappa shape index (κ2) is 8.65. The lowest BCUT2D eigenvalue weighted by Crippen LogP contribution is -2.46. The lowest BCUT2D eigenvalue weighted by Gasteiger charge is -2.35. The fourth-order valence-electron chi connectivity index (χ4n) is 4.88. The summed E-state index contributed by atoms with van der Waals surface area (Å²) in [6, 6.07) is 13.8. The van der Waals surface area contributed by atoms with Gasteiger partial charge in [-0.05, 0) is 59.6 Å². The molecule has 2 aliphatic rings. The molecular formula is C27H29FN2O2S. The van der Waals surface area contributed by atoms with Gasteiger partial charge in [-0.2, -0.15) is 0 Å². The first-order valence-electron chi connectivity index (χ1n) is 11.5. The molecule has 1 saturated heterocycles. The summed E-state index contributed by atoms with van der Waals surface area (Å²) in [6.07, 6.45) is 2.25. The van der Waals surface area contributed by atoms with E-state index >= 15 is 0 Å². The Morgan fingerprint density at radius 3 is 2.82 bits per heavy atom. The molecule has 1 atom stereocenters. The van der Waals surface area contributed by atoms with E-state index < -0.39 is 0 Å². The molecule has 3 aromatic rings. The zero-order valence-electron chi connectivity index (χ0n) is 19.4. The Morgan fingerprint density at radius 1 is 1.18 bits per heavy atom. The van der Waals surface area contributed by atoms with Crippen molar-refractivity contribution in [1.82, 2.24) is 4.98 Å².